The van der Waals surface area contributed by atoms with E-state index in [1.165, 1.54) is 69.8 Å². The maximum absolute atomic E-state index is 3.55. The first-order chi connectivity index (χ1) is 10.4. The molecule has 3 nitrogen and oxygen atoms in total. The predicted molar refractivity (Wildman–Crippen MR) is 87.9 cm³/mol. The first-order valence-corrected chi connectivity index (χ1v) is 8.66. The summed E-state index contributed by atoms with van der Waals surface area (Å²) in [5, 5.41) is 3.55. The number of hydrogen-bond acceptors (Lipinski definition) is 3. The predicted octanol–water partition coefficient (Wildman–Crippen LogP) is 2.61. The van der Waals surface area contributed by atoms with Crippen molar-refractivity contribution in [3.05, 3.63) is 29.8 Å². The van der Waals surface area contributed by atoms with E-state index in [-0.39, 0.29) is 0 Å². The Morgan fingerprint density at radius 1 is 1.00 bits per heavy atom. The van der Waals surface area contributed by atoms with Crippen LogP contribution in [0.1, 0.15) is 30.7 Å². The van der Waals surface area contributed by atoms with Gasteiger partial charge in [-0.15, -0.1) is 0 Å². The molecule has 1 saturated carbocycles. The van der Waals surface area contributed by atoms with Crippen molar-refractivity contribution in [2.75, 3.05) is 51.1 Å². The molecule has 1 aliphatic carbocycles. The fourth-order valence-electron chi connectivity index (χ4n) is 3.81. The average Bonchev–Trinajstić information content (AvgIpc) is 3.25. The second kappa shape index (κ2) is 5.98. The molecule has 1 aromatic rings. The molecule has 2 aliphatic heterocycles. The molecule has 0 bridgehead atoms. The first-order valence-electron chi connectivity index (χ1n) is 8.66. The summed E-state index contributed by atoms with van der Waals surface area (Å²) in [7, 11) is 0. The molecule has 1 unspecified atom stereocenters. The van der Waals surface area contributed by atoms with E-state index in [9.17, 15) is 0 Å². The highest BCUT2D eigenvalue weighted by atomic mass is 15.3. The minimum Gasteiger partial charge on any atom is -0.384 e. The Morgan fingerprint density at radius 2 is 1.76 bits per heavy atom. The molecule has 3 heteroatoms. The highest BCUT2D eigenvalue weighted by molar-refractivity contribution is 5.57. The van der Waals surface area contributed by atoms with Gasteiger partial charge in [-0.2, -0.15) is 0 Å². The third-order valence-corrected chi connectivity index (χ3v) is 5.41. The topological polar surface area (TPSA) is 18.5 Å². The maximum Gasteiger partial charge on any atom is 0.0376 e. The van der Waals surface area contributed by atoms with Gasteiger partial charge in [-0.25, -0.2) is 0 Å². The zero-order valence-electron chi connectivity index (χ0n) is 12.9. The molecular weight excluding hydrogens is 258 g/mol. The van der Waals surface area contributed by atoms with Gasteiger partial charge in [0, 0.05) is 50.9 Å². The van der Waals surface area contributed by atoms with Gasteiger partial charge in [0.05, 0.1) is 0 Å². The van der Waals surface area contributed by atoms with Crippen LogP contribution in [0.15, 0.2) is 24.3 Å². The Hall–Kier alpha value is -1.06. The molecule has 4 rings (SSSR count). The fraction of sp³-hybridized carbons (Fsp3) is 0.667. The number of hydrogen-bond donors (Lipinski definition) is 1. The Labute approximate surface area is 128 Å². The number of fused-ring (bicyclic) bond motifs is 1. The fourth-order valence-corrected chi connectivity index (χ4v) is 3.81. The summed E-state index contributed by atoms with van der Waals surface area (Å²) in [6.07, 6.45) is 4.26. The number of benzene rings is 1. The molecule has 21 heavy (non-hydrogen) atoms. The van der Waals surface area contributed by atoms with Crippen LogP contribution in [0.25, 0.3) is 0 Å². The average molecular weight is 285 g/mol. The van der Waals surface area contributed by atoms with Gasteiger partial charge >= 0.3 is 0 Å². The molecule has 1 saturated heterocycles. The van der Waals surface area contributed by atoms with Crippen molar-refractivity contribution in [1.29, 1.82) is 0 Å². The molecule has 0 radical (unpaired) electrons. The molecule has 3 aliphatic rings. The lowest BCUT2D eigenvalue weighted by molar-refractivity contribution is 0.126. The smallest absolute Gasteiger partial charge is 0.0376 e. The van der Waals surface area contributed by atoms with Crippen LogP contribution in [0, 0.1) is 5.92 Å². The number of piperazine rings is 1. The summed E-state index contributed by atoms with van der Waals surface area (Å²) in [6, 6.07) is 8.82. The van der Waals surface area contributed by atoms with E-state index >= 15 is 0 Å². The molecule has 1 aromatic carbocycles. The standard InChI is InChI=1S/C18H27N3/c1-2-4-18-17(3-1)16(13-19-18)7-8-20-9-11-21(12-10-20)14-15-5-6-15/h1-4,15-16,19H,5-14H2. The lowest BCUT2D eigenvalue weighted by Gasteiger charge is -2.35. The van der Waals surface area contributed by atoms with Gasteiger partial charge in [0.25, 0.3) is 0 Å². The summed E-state index contributed by atoms with van der Waals surface area (Å²) in [5.74, 6) is 1.75. The van der Waals surface area contributed by atoms with E-state index in [0.717, 1.165) is 12.5 Å². The highest BCUT2D eigenvalue weighted by Gasteiger charge is 2.27. The zero-order valence-corrected chi connectivity index (χ0v) is 12.9. The normalized spacial score (nSPS) is 26.6. The summed E-state index contributed by atoms with van der Waals surface area (Å²) >= 11 is 0. The number of nitrogens with zero attached hydrogens (tertiary/aromatic N) is 2. The minimum atomic E-state index is 0.714. The van der Waals surface area contributed by atoms with E-state index in [1.54, 1.807) is 0 Å². The Bertz CT molecular complexity index is 475. The number of anilines is 1. The third kappa shape index (κ3) is 3.24. The van der Waals surface area contributed by atoms with Crippen LogP contribution in [-0.4, -0.2) is 55.6 Å². The lowest BCUT2D eigenvalue weighted by atomic mass is 9.97. The molecule has 1 N–H and O–H groups in total. The van der Waals surface area contributed by atoms with Crippen LogP contribution >= 0.6 is 0 Å². The van der Waals surface area contributed by atoms with E-state index in [0.29, 0.717) is 5.92 Å². The third-order valence-electron chi connectivity index (χ3n) is 5.41. The van der Waals surface area contributed by atoms with Crippen molar-refractivity contribution in [1.82, 2.24) is 9.80 Å². The van der Waals surface area contributed by atoms with Crippen LogP contribution in [-0.2, 0) is 0 Å². The summed E-state index contributed by atoms with van der Waals surface area (Å²) in [4.78, 5) is 5.35. The van der Waals surface area contributed by atoms with Gasteiger partial charge in [0.1, 0.15) is 0 Å². The van der Waals surface area contributed by atoms with E-state index in [1.807, 2.05) is 0 Å². The van der Waals surface area contributed by atoms with Gasteiger partial charge in [-0.3, -0.25) is 0 Å². The second-order valence-corrected chi connectivity index (χ2v) is 7.04. The molecular formula is C18H27N3. The summed E-state index contributed by atoms with van der Waals surface area (Å²) in [6.45, 7) is 8.88. The monoisotopic (exact) mass is 285 g/mol. The van der Waals surface area contributed by atoms with Gasteiger partial charge < -0.3 is 15.1 Å². The van der Waals surface area contributed by atoms with Crippen LogP contribution in [0.2, 0.25) is 0 Å². The van der Waals surface area contributed by atoms with Gasteiger partial charge in [0.15, 0.2) is 0 Å². The molecule has 0 spiro atoms. The van der Waals surface area contributed by atoms with Gasteiger partial charge in [0.2, 0.25) is 0 Å². The van der Waals surface area contributed by atoms with Crippen molar-refractivity contribution in [2.24, 2.45) is 5.92 Å². The molecule has 2 fully saturated rings. The van der Waals surface area contributed by atoms with Crippen LogP contribution < -0.4 is 5.32 Å². The zero-order chi connectivity index (χ0) is 14.1. The Kier molecular flexibility index (Phi) is 3.87. The lowest BCUT2D eigenvalue weighted by Crippen LogP contribution is -2.47. The van der Waals surface area contributed by atoms with Crippen LogP contribution in [0.5, 0.6) is 0 Å². The largest absolute Gasteiger partial charge is 0.384 e. The second-order valence-electron chi connectivity index (χ2n) is 7.04. The van der Waals surface area contributed by atoms with Crippen LogP contribution in [0.4, 0.5) is 5.69 Å². The number of nitrogens with one attached hydrogen (secondary N) is 1. The number of para-hydroxylation sites is 1. The molecule has 114 valence electrons. The first kappa shape index (κ1) is 13.6. The minimum absolute atomic E-state index is 0.714. The van der Waals surface area contributed by atoms with Crippen molar-refractivity contribution in [2.45, 2.75) is 25.2 Å². The van der Waals surface area contributed by atoms with Crippen molar-refractivity contribution >= 4 is 5.69 Å². The van der Waals surface area contributed by atoms with Gasteiger partial charge in [-0.1, -0.05) is 18.2 Å². The summed E-state index contributed by atoms with van der Waals surface area (Å²) in [5.41, 5.74) is 2.89. The van der Waals surface area contributed by atoms with E-state index in [2.05, 4.69) is 39.4 Å². The quantitative estimate of drug-likeness (QED) is 0.897. The Balaban J connectivity index is 1.23. The van der Waals surface area contributed by atoms with Crippen molar-refractivity contribution in [3.8, 4) is 0 Å². The maximum atomic E-state index is 3.55. The SMILES string of the molecule is c1ccc2c(c1)NCC2CCN1CCN(CC2CC2)CC1. The molecule has 0 amide bonds. The van der Waals surface area contributed by atoms with Crippen LogP contribution in [0.3, 0.4) is 0 Å². The summed E-state index contributed by atoms with van der Waals surface area (Å²) < 4.78 is 0. The molecule has 1 atom stereocenters. The highest BCUT2D eigenvalue weighted by Crippen LogP contribution is 2.33. The van der Waals surface area contributed by atoms with E-state index < -0.39 is 0 Å². The van der Waals surface area contributed by atoms with Gasteiger partial charge in [-0.05, 0) is 43.4 Å². The van der Waals surface area contributed by atoms with Crippen molar-refractivity contribution in [3.63, 3.8) is 0 Å². The number of rotatable bonds is 5. The molecule has 0 aromatic heterocycles. The molecule has 2 heterocycles. The Morgan fingerprint density at radius 3 is 2.57 bits per heavy atom. The van der Waals surface area contributed by atoms with Crippen molar-refractivity contribution < 1.29 is 0 Å². The van der Waals surface area contributed by atoms with E-state index in [4.69, 9.17) is 0 Å².